The molecule has 2 rings (SSSR count). The summed E-state index contributed by atoms with van der Waals surface area (Å²) in [6, 6.07) is 3.11. The highest BCUT2D eigenvalue weighted by atomic mass is 35.5. The standard InChI is InChI=1S/C10H7ClN2O4/c11-5-2-1-3-13-6(4-7(14)15)12-8(9(5)13)10(16)17/h1-3H,4H2,(H,14,15)(H,16,17). The van der Waals surface area contributed by atoms with Gasteiger partial charge >= 0.3 is 11.9 Å². The first kappa shape index (κ1) is 11.4. The van der Waals surface area contributed by atoms with Crippen LogP contribution in [-0.2, 0) is 11.2 Å². The van der Waals surface area contributed by atoms with Crippen molar-refractivity contribution in [3.63, 3.8) is 0 Å². The van der Waals surface area contributed by atoms with E-state index in [0.717, 1.165) is 0 Å². The van der Waals surface area contributed by atoms with Gasteiger partial charge in [0.25, 0.3) is 0 Å². The van der Waals surface area contributed by atoms with E-state index in [4.69, 9.17) is 21.8 Å². The SMILES string of the molecule is O=C(O)Cc1nc(C(=O)O)c2c(Cl)cccn12. The van der Waals surface area contributed by atoms with Crippen LogP contribution in [0.2, 0.25) is 5.02 Å². The summed E-state index contributed by atoms with van der Waals surface area (Å²) in [6.45, 7) is 0. The number of hydrogen-bond donors (Lipinski definition) is 2. The Labute approximate surface area is 100 Å². The van der Waals surface area contributed by atoms with Crippen molar-refractivity contribution in [1.29, 1.82) is 0 Å². The normalized spacial score (nSPS) is 10.6. The van der Waals surface area contributed by atoms with Crippen molar-refractivity contribution in [3.8, 4) is 0 Å². The number of halogens is 1. The summed E-state index contributed by atoms with van der Waals surface area (Å²) in [6.07, 6.45) is 1.16. The molecule has 2 heterocycles. The van der Waals surface area contributed by atoms with Crippen LogP contribution in [0.1, 0.15) is 16.3 Å². The van der Waals surface area contributed by atoms with Gasteiger partial charge in [0.1, 0.15) is 12.2 Å². The number of rotatable bonds is 3. The minimum atomic E-state index is -1.24. The molecule has 17 heavy (non-hydrogen) atoms. The summed E-state index contributed by atoms with van der Waals surface area (Å²) < 4.78 is 1.37. The van der Waals surface area contributed by atoms with Crippen LogP contribution >= 0.6 is 11.6 Å². The molecule has 2 aromatic heterocycles. The first-order chi connectivity index (χ1) is 8.00. The van der Waals surface area contributed by atoms with Gasteiger partial charge in [0.15, 0.2) is 5.69 Å². The first-order valence-electron chi connectivity index (χ1n) is 4.61. The summed E-state index contributed by atoms with van der Waals surface area (Å²) in [4.78, 5) is 25.4. The Morgan fingerprint density at radius 2 is 2.12 bits per heavy atom. The summed E-state index contributed by atoms with van der Waals surface area (Å²) in [5, 5.41) is 17.9. The van der Waals surface area contributed by atoms with Crippen molar-refractivity contribution in [2.45, 2.75) is 6.42 Å². The highest BCUT2D eigenvalue weighted by Crippen LogP contribution is 2.22. The molecular formula is C10H7ClN2O4. The Morgan fingerprint density at radius 1 is 1.41 bits per heavy atom. The molecule has 0 aliphatic heterocycles. The average Bonchev–Trinajstić information content (AvgIpc) is 2.58. The molecule has 6 nitrogen and oxygen atoms in total. The molecule has 0 fully saturated rings. The van der Waals surface area contributed by atoms with Gasteiger partial charge < -0.3 is 14.6 Å². The zero-order valence-corrected chi connectivity index (χ0v) is 9.18. The monoisotopic (exact) mass is 254 g/mol. The molecule has 0 aromatic carbocycles. The smallest absolute Gasteiger partial charge is 0.356 e. The Bertz CT molecular complexity index is 620. The Kier molecular flexibility index (Phi) is 2.72. The molecule has 0 saturated heterocycles. The maximum absolute atomic E-state index is 11.0. The van der Waals surface area contributed by atoms with Crippen LogP contribution in [0.4, 0.5) is 0 Å². The van der Waals surface area contributed by atoms with Gasteiger partial charge in [-0.3, -0.25) is 4.79 Å². The molecule has 0 unspecified atom stereocenters. The van der Waals surface area contributed by atoms with Gasteiger partial charge in [-0.15, -0.1) is 0 Å². The van der Waals surface area contributed by atoms with Crippen molar-refractivity contribution in [2.24, 2.45) is 0 Å². The van der Waals surface area contributed by atoms with Crippen LogP contribution in [0, 0.1) is 0 Å². The number of aliphatic carboxylic acids is 1. The Morgan fingerprint density at radius 3 is 2.71 bits per heavy atom. The lowest BCUT2D eigenvalue weighted by molar-refractivity contribution is -0.136. The van der Waals surface area contributed by atoms with E-state index in [9.17, 15) is 9.59 Å². The van der Waals surface area contributed by atoms with E-state index in [1.54, 1.807) is 6.07 Å². The van der Waals surface area contributed by atoms with Crippen LogP contribution in [-0.4, -0.2) is 31.5 Å². The molecule has 0 radical (unpaired) electrons. The number of fused-ring (bicyclic) bond motifs is 1. The van der Waals surface area contributed by atoms with Gasteiger partial charge in [-0.2, -0.15) is 0 Å². The summed E-state index contributed by atoms with van der Waals surface area (Å²) in [5.74, 6) is -2.20. The topological polar surface area (TPSA) is 91.9 Å². The van der Waals surface area contributed by atoms with E-state index < -0.39 is 11.9 Å². The number of carboxylic acids is 2. The molecule has 88 valence electrons. The second-order valence-electron chi connectivity index (χ2n) is 3.33. The Balaban J connectivity index is 2.75. The molecule has 2 aromatic rings. The maximum atomic E-state index is 11.0. The maximum Gasteiger partial charge on any atom is 0.356 e. The number of pyridine rings is 1. The lowest BCUT2D eigenvalue weighted by Crippen LogP contribution is -2.04. The fourth-order valence-corrected chi connectivity index (χ4v) is 1.82. The fourth-order valence-electron chi connectivity index (χ4n) is 1.57. The zero-order valence-electron chi connectivity index (χ0n) is 8.42. The van der Waals surface area contributed by atoms with E-state index >= 15 is 0 Å². The van der Waals surface area contributed by atoms with Crippen molar-refractivity contribution < 1.29 is 19.8 Å². The van der Waals surface area contributed by atoms with E-state index in [0.29, 0.717) is 0 Å². The lowest BCUT2D eigenvalue weighted by Gasteiger charge is -1.99. The van der Waals surface area contributed by atoms with Gasteiger partial charge in [-0.25, -0.2) is 9.78 Å². The second-order valence-corrected chi connectivity index (χ2v) is 3.73. The van der Waals surface area contributed by atoms with E-state index in [2.05, 4.69) is 4.98 Å². The molecule has 0 aliphatic carbocycles. The van der Waals surface area contributed by atoms with Crippen molar-refractivity contribution >= 4 is 29.1 Å². The predicted octanol–water partition coefficient (Wildman–Crippen LogP) is 1.31. The van der Waals surface area contributed by atoms with Crippen LogP contribution in [0.15, 0.2) is 18.3 Å². The summed E-state index contributed by atoms with van der Waals surface area (Å²) >= 11 is 5.88. The highest BCUT2D eigenvalue weighted by molar-refractivity contribution is 6.34. The number of carbonyl (C=O) groups is 2. The predicted molar refractivity (Wildman–Crippen MR) is 58.5 cm³/mol. The molecule has 2 N–H and O–H groups in total. The van der Waals surface area contributed by atoms with E-state index in [1.807, 2.05) is 0 Å². The van der Waals surface area contributed by atoms with E-state index in [1.165, 1.54) is 16.7 Å². The number of hydrogen-bond acceptors (Lipinski definition) is 3. The second kappa shape index (κ2) is 4.06. The lowest BCUT2D eigenvalue weighted by atomic mass is 10.3. The highest BCUT2D eigenvalue weighted by Gasteiger charge is 2.19. The quantitative estimate of drug-likeness (QED) is 0.862. The molecule has 0 atom stereocenters. The fraction of sp³-hybridized carbons (Fsp3) is 0.100. The molecule has 0 amide bonds. The Hall–Kier alpha value is -2.08. The third-order valence-electron chi connectivity index (χ3n) is 2.20. The summed E-state index contributed by atoms with van der Waals surface area (Å²) in [5.41, 5.74) is -0.0373. The average molecular weight is 255 g/mol. The van der Waals surface area contributed by atoms with Gasteiger partial charge in [-0.1, -0.05) is 11.6 Å². The van der Waals surface area contributed by atoms with Crippen LogP contribution in [0.3, 0.4) is 0 Å². The van der Waals surface area contributed by atoms with Crippen LogP contribution in [0.25, 0.3) is 5.52 Å². The number of aromatic carboxylic acids is 1. The van der Waals surface area contributed by atoms with Crippen molar-refractivity contribution in [3.05, 3.63) is 34.9 Å². The molecule has 0 saturated carbocycles. The third-order valence-corrected chi connectivity index (χ3v) is 2.50. The van der Waals surface area contributed by atoms with Crippen molar-refractivity contribution in [1.82, 2.24) is 9.38 Å². The zero-order chi connectivity index (χ0) is 12.6. The number of imidazole rings is 1. The van der Waals surface area contributed by atoms with Gasteiger partial charge in [0.2, 0.25) is 0 Å². The molecule has 0 bridgehead atoms. The van der Waals surface area contributed by atoms with E-state index in [-0.39, 0.29) is 28.5 Å². The first-order valence-corrected chi connectivity index (χ1v) is 4.99. The van der Waals surface area contributed by atoms with Crippen LogP contribution in [0.5, 0.6) is 0 Å². The third kappa shape index (κ3) is 1.94. The molecular weight excluding hydrogens is 248 g/mol. The number of carboxylic acid groups (broad SMARTS) is 2. The largest absolute Gasteiger partial charge is 0.481 e. The summed E-state index contributed by atoms with van der Waals surface area (Å²) in [7, 11) is 0. The van der Waals surface area contributed by atoms with Gasteiger partial charge in [0, 0.05) is 6.20 Å². The molecule has 0 spiro atoms. The minimum Gasteiger partial charge on any atom is -0.481 e. The number of nitrogens with zero attached hydrogens (tertiary/aromatic N) is 2. The minimum absolute atomic E-state index is 0.132. The number of aromatic nitrogens is 2. The van der Waals surface area contributed by atoms with Gasteiger partial charge in [-0.05, 0) is 12.1 Å². The molecule has 0 aliphatic rings. The van der Waals surface area contributed by atoms with Gasteiger partial charge in [0.05, 0.1) is 10.5 Å². The van der Waals surface area contributed by atoms with Crippen LogP contribution < -0.4 is 0 Å². The van der Waals surface area contributed by atoms with Crippen molar-refractivity contribution in [2.75, 3.05) is 0 Å². The molecule has 7 heteroatoms.